The summed E-state index contributed by atoms with van der Waals surface area (Å²) in [6, 6.07) is 7.80. The Kier molecular flexibility index (Phi) is 7.76. The summed E-state index contributed by atoms with van der Waals surface area (Å²) in [4.78, 5) is 0. The van der Waals surface area contributed by atoms with Crippen LogP contribution in [-0.2, 0) is 16.4 Å². The molecule has 0 bridgehead atoms. The van der Waals surface area contributed by atoms with E-state index >= 15 is 0 Å². The van der Waals surface area contributed by atoms with E-state index in [4.69, 9.17) is 0 Å². The first kappa shape index (κ1) is 20.2. The van der Waals surface area contributed by atoms with Gasteiger partial charge in [0.1, 0.15) is 0 Å². The van der Waals surface area contributed by atoms with E-state index in [0.29, 0.717) is 0 Å². The van der Waals surface area contributed by atoms with Crippen molar-refractivity contribution < 1.29 is 12.9 Å². The number of unbranched alkanes of at least 4 members (excludes halogenated alkanes) is 1. The Bertz CT molecular complexity index is 620. The molecule has 142 valence electrons. The number of likely N-dealkylation sites (tertiary alicyclic amines) is 1. The fraction of sp³-hybridized carbons (Fsp3) is 0.700. The number of hydrogen-bond acceptors (Lipinski definition) is 2. The largest absolute Gasteiger partial charge is 0.324 e. The number of nitrogens with zero attached hydrogens (tertiary/aromatic N) is 1. The van der Waals surface area contributed by atoms with Crippen molar-refractivity contribution in [2.45, 2.75) is 58.3 Å². The molecule has 1 aromatic carbocycles. The molecule has 1 fully saturated rings. The van der Waals surface area contributed by atoms with E-state index in [9.17, 15) is 8.42 Å². The molecule has 1 aliphatic rings. The van der Waals surface area contributed by atoms with Crippen LogP contribution in [0.25, 0.3) is 0 Å². The number of benzene rings is 1. The summed E-state index contributed by atoms with van der Waals surface area (Å²) < 4.78 is 27.1. The number of rotatable bonds is 9. The van der Waals surface area contributed by atoms with Crippen LogP contribution in [-0.4, -0.2) is 45.3 Å². The first-order chi connectivity index (χ1) is 11.9. The lowest BCUT2D eigenvalue weighted by atomic mass is 10.1. The lowest BCUT2D eigenvalue weighted by molar-refractivity contribution is -0.927. The second kappa shape index (κ2) is 9.58. The number of anilines is 1. The monoisotopic (exact) mass is 367 g/mol. The first-order valence-corrected chi connectivity index (χ1v) is 11.7. The third-order valence-electron chi connectivity index (χ3n) is 5.39. The highest BCUT2D eigenvalue weighted by molar-refractivity contribution is 7.92. The van der Waals surface area contributed by atoms with E-state index in [2.05, 4.69) is 11.6 Å². The quantitative estimate of drug-likeness (QED) is 0.666. The van der Waals surface area contributed by atoms with Crippen LogP contribution < -0.4 is 4.72 Å². The third-order valence-corrected chi connectivity index (χ3v) is 5.98. The minimum atomic E-state index is -3.23. The zero-order valence-electron chi connectivity index (χ0n) is 16.0. The molecular formula is C20H35N2O2S+. The molecule has 1 aliphatic heterocycles. The van der Waals surface area contributed by atoms with Crippen LogP contribution in [0, 0.1) is 0 Å². The molecule has 0 amide bonds. The molecule has 1 saturated heterocycles. The number of nitrogens with one attached hydrogen (secondary N) is 1. The Hall–Kier alpha value is -1.07. The molecule has 4 nitrogen and oxygen atoms in total. The predicted octanol–water partition coefficient (Wildman–Crippen LogP) is 4.18. The molecule has 0 aromatic heterocycles. The second-order valence-electron chi connectivity index (χ2n) is 7.64. The van der Waals surface area contributed by atoms with Crippen molar-refractivity contribution in [3.05, 3.63) is 29.8 Å². The lowest BCUT2D eigenvalue weighted by Gasteiger charge is -2.38. The van der Waals surface area contributed by atoms with Gasteiger partial charge in [0.05, 0.1) is 38.1 Å². The van der Waals surface area contributed by atoms with Crippen molar-refractivity contribution in [1.29, 1.82) is 0 Å². The highest BCUT2D eigenvalue weighted by atomic mass is 32.2. The average molecular weight is 368 g/mol. The lowest BCUT2D eigenvalue weighted by Crippen LogP contribution is -2.50. The van der Waals surface area contributed by atoms with Gasteiger partial charge in [0, 0.05) is 6.42 Å². The van der Waals surface area contributed by atoms with Gasteiger partial charge in [-0.05, 0) is 50.2 Å². The Morgan fingerprint density at radius 3 is 2.28 bits per heavy atom. The Morgan fingerprint density at radius 2 is 1.64 bits per heavy atom. The van der Waals surface area contributed by atoms with Crippen LogP contribution in [0.1, 0.15) is 57.4 Å². The van der Waals surface area contributed by atoms with Gasteiger partial charge >= 0.3 is 0 Å². The van der Waals surface area contributed by atoms with Gasteiger partial charge in [-0.25, -0.2) is 8.42 Å². The van der Waals surface area contributed by atoms with Gasteiger partial charge in [0.2, 0.25) is 10.0 Å². The maximum atomic E-state index is 11.6. The zero-order valence-corrected chi connectivity index (χ0v) is 16.8. The number of para-hydroxylation sites is 1. The van der Waals surface area contributed by atoms with Gasteiger partial charge in [-0.3, -0.25) is 4.72 Å². The topological polar surface area (TPSA) is 46.2 Å². The fourth-order valence-electron chi connectivity index (χ4n) is 4.05. The highest BCUT2D eigenvalue weighted by Gasteiger charge is 2.27. The third kappa shape index (κ3) is 6.98. The molecular weight excluding hydrogens is 332 g/mol. The van der Waals surface area contributed by atoms with E-state index in [1.165, 1.54) is 75.4 Å². The van der Waals surface area contributed by atoms with Gasteiger partial charge in [-0.15, -0.1) is 0 Å². The normalized spacial score (nSPS) is 17.8. The summed E-state index contributed by atoms with van der Waals surface area (Å²) in [6.45, 7) is 7.45. The van der Waals surface area contributed by atoms with E-state index in [-0.39, 0.29) is 0 Å². The van der Waals surface area contributed by atoms with E-state index in [1.54, 1.807) is 0 Å². The molecule has 0 radical (unpaired) electrons. The van der Waals surface area contributed by atoms with Gasteiger partial charge in [-0.2, -0.15) is 0 Å². The molecule has 0 atom stereocenters. The second-order valence-corrected chi connectivity index (χ2v) is 9.39. The number of quaternary nitrogens is 1. The highest BCUT2D eigenvalue weighted by Crippen LogP contribution is 2.23. The maximum absolute atomic E-state index is 11.6. The van der Waals surface area contributed by atoms with Crippen LogP contribution in [0.3, 0.4) is 0 Å². The molecule has 25 heavy (non-hydrogen) atoms. The van der Waals surface area contributed by atoms with E-state index in [1.807, 2.05) is 24.3 Å². The van der Waals surface area contributed by atoms with Crippen molar-refractivity contribution in [3.8, 4) is 0 Å². The van der Waals surface area contributed by atoms with Crippen molar-refractivity contribution in [3.63, 3.8) is 0 Å². The van der Waals surface area contributed by atoms with E-state index < -0.39 is 10.0 Å². The SMILES string of the molecule is CCCC[N+]1(CCCc2ccccc2NS(C)(=O)=O)CCCCCC1. The molecule has 2 rings (SSSR count). The Labute approximate surface area is 154 Å². The molecule has 0 saturated carbocycles. The average Bonchev–Trinajstić information content (AvgIpc) is 2.79. The molecule has 1 aromatic rings. The van der Waals surface area contributed by atoms with Gasteiger partial charge in [-0.1, -0.05) is 31.5 Å². The van der Waals surface area contributed by atoms with Gasteiger partial charge in [0.25, 0.3) is 0 Å². The molecule has 1 N–H and O–H groups in total. The predicted molar refractivity (Wildman–Crippen MR) is 106 cm³/mol. The smallest absolute Gasteiger partial charge is 0.229 e. The van der Waals surface area contributed by atoms with Gasteiger partial charge in [0.15, 0.2) is 0 Å². The number of hydrogen-bond donors (Lipinski definition) is 1. The summed E-state index contributed by atoms with van der Waals surface area (Å²) in [5, 5.41) is 0. The van der Waals surface area contributed by atoms with Crippen LogP contribution in [0.15, 0.2) is 24.3 Å². The Balaban J connectivity index is 1.99. The summed E-state index contributed by atoms with van der Waals surface area (Å²) in [7, 11) is -3.23. The standard InChI is InChI=1S/C20H35N2O2S/c1-3-4-15-22(16-9-5-6-10-17-22)18-11-13-19-12-7-8-14-20(19)21-25(2,23)24/h7-8,12,14,21H,3-6,9-11,13,15-18H2,1-2H3/q+1. The number of aryl methyl sites for hydroxylation is 1. The first-order valence-electron chi connectivity index (χ1n) is 9.85. The fourth-order valence-corrected chi connectivity index (χ4v) is 4.65. The molecule has 0 spiro atoms. The zero-order chi connectivity index (χ0) is 18.2. The van der Waals surface area contributed by atoms with Crippen LogP contribution in [0.4, 0.5) is 5.69 Å². The van der Waals surface area contributed by atoms with Crippen LogP contribution in [0.2, 0.25) is 0 Å². The minimum Gasteiger partial charge on any atom is -0.324 e. The van der Waals surface area contributed by atoms with Gasteiger partial charge < -0.3 is 4.48 Å². The Morgan fingerprint density at radius 1 is 1.00 bits per heavy atom. The molecule has 0 unspecified atom stereocenters. The molecule has 0 aliphatic carbocycles. The minimum absolute atomic E-state index is 0.737. The summed E-state index contributed by atoms with van der Waals surface area (Å²) in [5.41, 5.74) is 1.84. The molecule has 5 heteroatoms. The summed E-state index contributed by atoms with van der Waals surface area (Å²) in [6.07, 6.45) is 11.3. The maximum Gasteiger partial charge on any atom is 0.229 e. The summed E-state index contributed by atoms with van der Waals surface area (Å²) in [5.74, 6) is 0. The summed E-state index contributed by atoms with van der Waals surface area (Å²) >= 11 is 0. The van der Waals surface area contributed by atoms with Crippen LogP contribution >= 0.6 is 0 Å². The van der Waals surface area contributed by atoms with Crippen molar-refractivity contribution >= 4 is 15.7 Å². The van der Waals surface area contributed by atoms with Crippen molar-refractivity contribution in [2.75, 3.05) is 37.2 Å². The van der Waals surface area contributed by atoms with Crippen LogP contribution in [0.5, 0.6) is 0 Å². The van der Waals surface area contributed by atoms with E-state index in [0.717, 1.165) is 24.1 Å². The van der Waals surface area contributed by atoms with Crippen molar-refractivity contribution in [2.24, 2.45) is 0 Å². The van der Waals surface area contributed by atoms with Crippen molar-refractivity contribution in [1.82, 2.24) is 0 Å². The molecule has 1 heterocycles. The number of sulfonamides is 1.